The van der Waals surface area contributed by atoms with E-state index >= 15 is 0 Å². The van der Waals surface area contributed by atoms with Crippen LogP contribution >= 0.6 is 0 Å². The number of nitrogens with zero attached hydrogens (tertiary/aromatic N) is 1. The number of carbonyl (C=O) groups is 3. The first-order valence-corrected chi connectivity index (χ1v) is 9.33. The number of hydrogen-bond acceptors (Lipinski definition) is 4. The van der Waals surface area contributed by atoms with Gasteiger partial charge in [0, 0.05) is 18.7 Å². The van der Waals surface area contributed by atoms with Crippen molar-refractivity contribution in [2.24, 2.45) is 0 Å². The third-order valence-electron chi connectivity index (χ3n) is 5.35. The number of ether oxygens (including phenoxy) is 1. The van der Waals surface area contributed by atoms with Crippen LogP contribution in [-0.2, 0) is 25.5 Å². The Balaban J connectivity index is 1.63. The average Bonchev–Trinajstić information content (AvgIpc) is 3.08. The van der Waals surface area contributed by atoms with E-state index < -0.39 is 5.54 Å². The van der Waals surface area contributed by atoms with Crippen LogP contribution in [0.3, 0.4) is 0 Å². The minimum Gasteiger partial charge on any atom is -0.467 e. The second kappa shape index (κ2) is 7.89. The van der Waals surface area contributed by atoms with Gasteiger partial charge in [-0.3, -0.25) is 9.59 Å². The summed E-state index contributed by atoms with van der Waals surface area (Å²) in [4.78, 5) is 38.3. The van der Waals surface area contributed by atoms with Crippen LogP contribution in [0.4, 0.5) is 5.69 Å². The highest BCUT2D eigenvalue weighted by Gasteiger charge is 2.41. The van der Waals surface area contributed by atoms with Crippen molar-refractivity contribution in [2.75, 3.05) is 18.6 Å². The molecule has 0 unspecified atom stereocenters. The van der Waals surface area contributed by atoms with Crippen molar-refractivity contribution in [3.05, 3.63) is 29.8 Å². The van der Waals surface area contributed by atoms with Gasteiger partial charge in [0.05, 0.1) is 13.5 Å². The molecule has 1 heterocycles. The molecule has 0 radical (unpaired) electrons. The fourth-order valence-corrected chi connectivity index (χ4v) is 3.94. The molecule has 1 aromatic carbocycles. The topological polar surface area (TPSA) is 75.7 Å². The molecule has 2 aliphatic rings. The first-order chi connectivity index (χ1) is 12.5. The fourth-order valence-electron chi connectivity index (χ4n) is 3.94. The molecule has 3 rings (SSSR count). The van der Waals surface area contributed by atoms with Crippen LogP contribution in [0.1, 0.15) is 50.5 Å². The Morgan fingerprint density at radius 1 is 1.12 bits per heavy atom. The van der Waals surface area contributed by atoms with E-state index in [1.807, 2.05) is 24.3 Å². The Bertz CT molecular complexity index is 678. The summed E-state index contributed by atoms with van der Waals surface area (Å²) in [5.41, 5.74) is 0.843. The maximum atomic E-state index is 12.5. The minimum absolute atomic E-state index is 0.146. The molecule has 1 saturated carbocycles. The van der Waals surface area contributed by atoms with Crippen molar-refractivity contribution >= 4 is 23.5 Å². The largest absolute Gasteiger partial charge is 0.467 e. The molecular formula is C20H26N2O4. The lowest BCUT2D eigenvalue weighted by atomic mass is 9.81. The number of amides is 2. The summed E-state index contributed by atoms with van der Waals surface area (Å²) in [6, 6.07) is 7.49. The first-order valence-electron chi connectivity index (χ1n) is 9.33. The number of nitrogens with one attached hydrogen (secondary N) is 1. The van der Waals surface area contributed by atoms with Crippen molar-refractivity contribution in [2.45, 2.75) is 56.9 Å². The quantitative estimate of drug-likeness (QED) is 0.820. The van der Waals surface area contributed by atoms with Crippen molar-refractivity contribution in [3.8, 4) is 0 Å². The summed E-state index contributed by atoms with van der Waals surface area (Å²) in [6.45, 7) is 0.750. The second-order valence-electron chi connectivity index (χ2n) is 7.17. The van der Waals surface area contributed by atoms with E-state index in [2.05, 4.69) is 5.32 Å². The van der Waals surface area contributed by atoms with E-state index in [4.69, 9.17) is 4.74 Å². The monoisotopic (exact) mass is 358 g/mol. The van der Waals surface area contributed by atoms with E-state index in [1.165, 1.54) is 7.11 Å². The molecule has 0 aromatic heterocycles. The molecule has 1 aromatic rings. The van der Waals surface area contributed by atoms with Gasteiger partial charge in [-0.25, -0.2) is 4.79 Å². The normalized spacial score (nSPS) is 19.3. The smallest absolute Gasteiger partial charge is 0.331 e. The predicted octanol–water partition coefficient (Wildman–Crippen LogP) is 2.35. The Morgan fingerprint density at radius 2 is 1.81 bits per heavy atom. The predicted molar refractivity (Wildman–Crippen MR) is 97.7 cm³/mol. The standard InChI is InChI=1S/C20H26N2O4/c1-26-19(25)20(11-3-2-4-12-20)21-17(23)14-15-7-9-16(10-8-15)22-13-5-6-18(22)24/h7-10H,2-6,11-14H2,1H3,(H,21,23). The summed E-state index contributed by atoms with van der Waals surface area (Å²) in [7, 11) is 1.36. The lowest BCUT2D eigenvalue weighted by Gasteiger charge is -2.35. The molecule has 140 valence electrons. The highest BCUT2D eigenvalue weighted by molar-refractivity contribution is 5.95. The van der Waals surface area contributed by atoms with E-state index in [-0.39, 0.29) is 24.2 Å². The van der Waals surface area contributed by atoms with E-state index in [9.17, 15) is 14.4 Å². The van der Waals surface area contributed by atoms with Crippen LogP contribution < -0.4 is 10.2 Å². The number of esters is 1. The Morgan fingerprint density at radius 3 is 2.38 bits per heavy atom. The van der Waals surface area contributed by atoms with Gasteiger partial charge in [0.2, 0.25) is 11.8 Å². The molecule has 1 N–H and O–H groups in total. The van der Waals surface area contributed by atoms with Gasteiger partial charge < -0.3 is 15.0 Å². The number of methoxy groups -OCH3 is 1. The van der Waals surface area contributed by atoms with E-state index in [0.29, 0.717) is 19.3 Å². The first kappa shape index (κ1) is 18.4. The van der Waals surface area contributed by atoms with Crippen LogP contribution in [0.25, 0.3) is 0 Å². The van der Waals surface area contributed by atoms with Crippen molar-refractivity contribution in [1.29, 1.82) is 0 Å². The molecule has 0 bridgehead atoms. The molecule has 0 atom stereocenters. The SMILES string of the molecule is COC(=O)C1(NC(=O)Cc2ccc(N3CCCC3=O)cc2)CCCCC1. The Hall–Kier alpha value is -2.37. The van der Waals surface area contributed by atoms with E-state index in [1.54, 1.807) is 4.90 Å². The van der Waals surface area contributed by atoms with Crippen LogP contribution in [0.2, 0.25) is 0 Å². The third-order valence-corrected chi connectivity index (χ3v) is 5.35. The van der Waals surface area contributed by atoms with Crippen LogP contribution in [0.15, 0.2) is 24.3 Å². The van der Waals surface area contributed by atoms with Gasteiger partial charge in [0.1, 0.15) is 5.54 Å². The highest BCUT2D eigenvalue weighted by Crippen LogP contribution is 2.29. The lowest BCUT2D eigenvalue weighted by molar-refractivity contribution is -0.152. The van der Waals surface area contributed by atoms with Crippen molar-refractivity contribution in [1.82, 2.24) is 5.32 Å². The zero-order chi connectivity index (χ0) is 18.6. The summed E-state index contributed by atoms with van der Waals surface area (Å²) >= 11 is 0. The maximum absolute atomic E-state index is 12.5. The Kier molecular flexibility index (Phi) is 5.59. The number of benzene rings is 1. The lowest BCUT2D eigenvalue weighted by Crippen LogP contribution is -2.56. The number of rotatable bonds is 5. The van der Waals surface area contributed by atoms with Gasteiger partial charge in [-0.15, -0.1) is 0 Å². The number of carbonyl (C=O) groups excluding carboxylic acids is 3. The zero-order valence-electron chi connectivity index (χ0n) is 15.3. The number of anilines is 1. The molecule has 2 fully saturated rings. The van der Waals surface area contributed by atoms with Crippen LogP contribution in [0.5, 0.6) is 0 Å². The molecule has 1 saturated heterocycles. The molecule has 6 heteroatoms. The maximum Gasteiger partial charge on any atom is 0.331 e. The number of hydrogen-bond donors (Lipinski definition) is 1. The van der Waals surface area contributed by atoms with Gasteiger partial charge >= 0.3 is 5.97 Å². The van der Waals surface area contributed by atoms with Crippen molar-refractivity contribution in [3.63, 3.8) is 0 Å². The fraction of sp³-hybridized carbons (Fsp3) is 0.550. The summed E-state index contributed by atoms with van der Waals surface area (Å²) in [5.74, 6) is -0.386. The Labute approximate surface area is 153 Å². The third kappa shape index (κ3) is 3.89. The minimum atomic E-state index is -0.883. The zero-order valence-corrected chi connectivity index (χ0v) is 15.3. The van der Waals surface area contributed by atoms with Gasteiger partial charge in [-0.05, 0) is 37.0 Å². The second-order valence-corrected chi connectivity index (χ2v) is 7.17. The molecule has 2 amide bonds. The molecular weight excluding hydrogens is 332 g/mol. The van der Waals surface area contributed by atoms with Gasteiger partial charge in [-0.2, -0.15) is 0 Å². The van der Waals surface area contributed by atoms with Gasteiger partial charge in [-0.1, -0.05) is 31.4 Å². The molecule has 1 aliphatic carbocycles. The highest BCUT2D eigenvalue weighted by atomic mass is 16.5. The molecule has 26 heavy (non-hydrogen) atoms. The molecule has 1 aliphatic heterocycles. The van der Waals surface area contributed by atoms with Gasteiger partial charge in [0.25, 0.3) is 0 Å². The average molecular weight is 358 g/mol. The molecule has 0 spiro atoms. The summed E-state index contributed by atoms with van der Waals surface area (Å²) in [6.07, 6.45) is 5.83. The summed E-state index contributed by atoms with van der Waals surface area (Å²) in [5, 5.41) is 2.93. The van der Waals surface area contributed by atoms with Crippen LogP contribution in [-0.4, -0.2) is 37.0 Å². The van der Waals surface area contributed by atoms with Gasteiger partial charge in [0.15, 0.2) is 0 Å². The van der Waals surface area contributed by atoms with Crippen molar-refractivity contribution < 1.29 is 19.1 Å². The molecule has 6 nitrogen and oxygen atoms in total. The van der Waals surface area contributed by atoms with Crippen LogP contribution in [0, 0.1) is 0 Å². The van der Waals surface area contributed by atoms with E-state index in [0.717, 1.165) is 43.5 Å². The summed E-state index contributed by atoms with van der Waals surface area (Å²) < 4.78 is 4.94.